The van der Waals surface area contributed by atoms with Crippen molar-refractivity contribution in [1.29, 1.82) is 0 Å². The van der Waals surface area contributed by atoms with Gasteiger partial charge in [0.2, 0.25) is 0 Å². The molecule has 3 rings (SSSR count). The van der Waals surface area contributed by atoms with E-state index in [9.17, 15) is 4.79 Å². The van der Waals surface area contributed by atoms with Gasteiger partial charge in [0.1, 0.15) is 13.2 Å². The molecule has 0 saturated carbocycles. The number of nitrogens with two attached hydrogens (primary N) is 1. The minimum atomic E-state index is -0.167. The number of benzene rings is 2. The summed E-state index contributed by atoms with van der Waals surface area (Å²) < 4.78 is 10.9. The first-order valence-electron chi connectivity index (χ1n) is 6.56. The van der Waals surface area contributed by atoms with E-state index in [1.54, 1.807) is 30.3 Å². The molecule has 0 saturated heterocycles. The molecule has 0 bridgehead atoms. The normalized spacial score (nSPS) is 13.0. The van der Waals surface area contributed by atoms with Crippen LogP contribution in [-0.2, 0) is 0 Å². The number of halogens is 1. The summed E-state index contributed by atoms with van der Waals surface area (Å²) in [5.41, 5.74) is 8.22. The smallest absolute Gasteiger partial charge is 0.194 e. The summed E-state index contributed by atoms with van der Waals surface area (Å²) in [6, 6.07) is 8.41. The molecule has 0 unspecified atom stereocenters. The van der Waals surface area contributed by atoms with Crippen molar-refractivity contribution in [3.8, 4) is 11.5 Å². The SMILES string of the molecule is Cc1cc(C(=O)c2cc3c(cc2Cl)OCCO3)ccc1N. The van der Waals surface area contributed by atoms with E-state index in [0.29, 0.717) is 46.5 Å². The Bertz CT molecular complexity index is 728. The van der Waals surface area contributed by atoms with Crippen molar-refractivity contribution in [2.45, 2.75) is 6.92 Å². The van der Waals surface area contributed by atoms with Crippen LogP contribution in [0.15, 0.2) is 30.3 Å². The van der Waals surface area contributed by atoms with E-state index in [-0.39, 0.29) is 5.78 Å². The van der Waals surface area contributed by atoms with Crippen molar-refractivity contribution in [2.75, 3.05) is 18.9 Å². The van der Waals surface area contributed by atoms with Gasteiger partial charge >= 0.3 is 0 Å². The standard InChI is InChI=1S/C16H14ClNO3/c1-9-6-10(2-3-13(9)18)16(19)11-7-14-15(8-12(11)17)21-5-4-20-14/h2-3,6-8H,4-5,18H2,1H3. The lowest BCUT2D eigenvalue weighted by Crippen LogP contribution is -2.16. The summed E-state index contributed by atoms with van der Waals surface area (Å²) in [5, 5.41) is 0.346. The predicted molar refractivity (Wildman–Crippen MR) is 81.5 cm³/mol. The fourth-order valence-electron chi connectivity index (χ4n) is 2.21. The van der Waals surface area contributed by atoms with Crippen molar-refractivity contribution in [3.05, 3.63) is 52.0 Å². The molecule has 0 atom stereocenters. The monoisotopic (exact) mass is 303 g/mol. The maximum absolute atomic E-state index is 12.6. The third kappa shape index (κ3) is 2.54. The number of fused-ring (bicyclic) bond motifs is 1. The molecule has 5 heteroatoms. The van der Waals surface area contributed by atoms with Crippen LogP contribution in [0.2, 0.25) is 5.02 Å². The molecule has 0 aliphatic carbocycles. The molecule has 21 heavy (non-hydrogen) atoms. The Balaban J connectivity index is 2.03. The summed E-state index contributed by atoms with van der Waals surface area (Å²) >= 11 is 6.20. The third-order valence-electron chi connectivity index (χ3n) is 3.41. The van der Waals surface area contributed by atoms with Gasteiger partial charge in [-0.1, -0.05) is 11.6 Å². The largest absolute Gasteiger partial charge is 0.486 e. The Morgan fingerprint density at radius 3 is 2.48 bits per heavy atom. The van der Waals surface area contributed by atoms with Crippen LogP contribution in [0.25, 0.3) is 0 Å². The van der Waals surface area contributed by atoms with E-state index in [1.165, 1.54) is 0 Å². The van der Waals surface area contributed by atoms with Gasteiger partial charge in [0.05, 0.1) is 5.02 Å². The van der Waals surface area contributed by atoms with Gasteiger partial charge in [0, 0.05) is 22.9 Å². The van der Waals surface area contributed by atoms with Crippen LogP contribution < -0.4 is 15.2 Å². The molecule has 0 amide bonds. The van der Waals surface area contributed by atoms with Crippen molar-refractivity contribution >= 4 is 23.1 Å². The Kier molecular flexibility index (Phi) is 3.47. The first kappa shape index (κ1) is 13.8. The van der Waals surface area contributed by atoms with Crippen LogP contribution in [0.1, 0.15) is 21.5 Å². The molecule has 0 radical (unpaired) electrons. The lowest BCUT2D eigenvalue weighted by Gasteiger charge is -2.19. The number of rotatable bonds is 2. The minimum absolute atomic E-state index is 0.167. The van der Waals surface area contributed by atoms with Crippen LogP contribution in [0.4, 0.5) is 5.69 Å². The summed E-state index contributed by atoms with van der Waals surface area (Å²) in [4.78, 5) is 12.6. The Morgan fingerprint density at radius 1 is 1.14 bits per heavy atom. The van der Waals surface area contributed by atoms with Crippen molar-refractivity contribution in [1.82, 2.24) is 0 Å². The van der Waals surface area contributed by atoms with Crippen molar-refractivity contribution < 1.29 is 14.3 Å². The zero-order valence-corrected chi connectivity index (χ0v) is 12.2. The molecule has 2 aromatic rings. The van der Waals surface area contributed by atoms with Gasteiger partial charge in [0.15, 0.2) is 17.3 Å². The first-order valence-corrected chi connectivity index (χ1v) is 6.94. The third-order valence-corrected chi connectivity index (χ3v) is 3.72. The van der Waals surface area contributed by atoms with Crippen molar-refractivity contribution in [3.63, 3.8) is 0 Å². The highest BCUT2D eigenvalue weighted by atomic mass is 35.5. The molecule has 0 aromatic heterocycles. The number of ether oxygens (including phenoxy) is 2. The Labute approximate surface area is 127 Å². The second-order valence-electron chi connectivity index (χ2n) is 4.88. The molecule has 1 aliphatic heterocycles. The highest BCUT2D eigenvalue weighted by molar-refractivity contribution is 6.35. The lowest BCUT2D eigenvalue weighted by molar-refractivity contribution is 0.103. The first-order chi connectivity index (χ1) is 10.1. The van der Waals surface area contributed by atoms with Crippen LogP contribution in [-0.4, -0.2) is 19.0 Å². The molecule has 0 spiro atoms. The highest BCUT2D eigenvalue weighted by Gasteiger charge is 2.20. The van der Waals surface area contributed by atoms with E-state index in [1.807, 2.05) is 6.92 Å². The summed E-state index contributed by atoms with van der Waals surface area (Å²) in [6.07, 6.45) is 0. The highest BCUT2D eigenvalue weighted by Crippen LogP contribution is 2.36. The number of ketones is 1. The fourth-order valence-corrected chi connectivity index (χ4v) is 2.45. The lowest BCUT2D eigenvalue weighted by atomic mass is 10.0. The van der Waals surface area contributed by atoms with Crippen molar-refractivity contribution in [2.24, 2.45) is 0 Å². The molecular formula is C16H14ClNO3. The summed E-state index contributed by atoms with van der Waals surface area (Å²) in [6.45, 7) is 2.80. The molecule has 4 nitrogen and oxygen atoms in total. The van der Waals surface area contributed by atoms with Gasteiger partial charge < -0.3 is 15.2 Å². The quantitative estimate of drug-likeness (QED) is 0.683. The van der Waals surface area contributed by atoms with Gasteiger partial charge in [0.25, 0.3) is 0 Å². The minimum Gasteiger partial charge on any atom is -0.486 e. The maximum Gasteiger partial charge on any atom is 0.194 e. The maximum atomic E-state index is 12.6. The van der Waals surface area contributed by atoms with E-state index in [4.69, 9.17) is 26.8 Å². The van der Waals surface area contributed by atoms with E-state index >= 15 is 0 Å². The zero-order chi connectivity index (χ0) is 15.0. The van der Waals surface area contributed by atoms with Gasteiger partial charge in [-0.15, -0.1) is 0 Å². The second kappa shape index (κ2) is 5.30. The van der Waals surface area contributed by atoms with Gasteiger partial charge in [-0.05, 0) is 36.8 Å². The summed E-state index contributed by atoms with van der Waals surface area (Å²) in [5.74, 6) is 0.942. The Morgan fingerprint density at radius 2 is 1.81 bits per heavy atom. The van der Waals surface area contributed by atoms with Crippen LogP contribution >= 0.6 is 11.6 Å². The molecule has 2 N–H and O–H groups in total. The number of aryl methyl sites for hydroxylation is 1. The van der Waals surface area contributed by atoms with Crippen LogP contribution in [0.5, 0.6) is 11.5 Å². The molecule has 1 heterocycles. The topological polar surface area (TPSA) is 61.5 Å². The second-order valence-corrected chi connectivity index (χ2v) is 5.28. The number of carbonyl (C=O) groups excluding carboxylic acids is 1. The van der Waals surface area contributed by atoms with E-state index < -0.39 is 0 Å². The number of hydrogen-bond donors (Lipinski definition) is 1. The molecule has 1 aliphatic rings. The molecule has 0 fully saturated rings. The van der Waals surface area contributed by atoms with Crippen LogP contribution in [0.3, 0.4) is 0 Å². The number of carbonyl (C=O) groups is 1. The van der Waals surface area contributed by atoms with E-state index in [0.717, 1.165) is 5.56 Å². The average molecular weight is 304 g/mol. The summed E-state index contributed by atoms with van der Waals surface area (Å²) in [7, 11) is 0. The van der Waals surface area contributed by atoms with Gasteiger partial charge in [-0.25, -0.2) is 0 Å². The van der Waals surface area contributed by atoms with E-state index in [2.05, 4.69) is 0 Å². The van der Waals surface area contributed by atoms with Crippen LogP contribution in [0, 0.1) is 6.92 Å². The fraction of sp³-hybridized carbons (Fsp3) is 0.188. The van der Waals surface area contributed by atoms with Gasteiger partial charge in [-0.2, -0.15) is 0 Å². The number of anilines is 1. The molecule has 108 valence electrons. The Hall–Kier alpha value is -2.20. The predicted octanol–water partition coefficient (Wildman–Crippen LogP) is 3.23. The average Bonchev–Trinajstić information content (AvgIpc) is 2.48. The molecule has 2 aromatic carbocycles. The molecular weight excluding hydrogens is 290 g/mol. The zero-order valence-electron chi connectivity index (χ0n) is 11.5. The number of nitrogen functional groups attached to an aromatic ring is 1. The number of hydrogen-bond acceptors (Lipinski definition) is 4. The van der Waals surface area contributed by atoms with Gasteiger partial charge in [-0.3, -0.25) is 4.79 Å².